The summed E-state index contributed by atoms with van der Waals surface area (Å²) in [4.78, 5) is 39.4. The van der Waals surface area contributed by atoms with E-state index in [-0.39, 0.29) is 6.04 Å². The Morgan fingerprint density at radius 1 is 0.864 bits per heavy atom. The van der Waals surface area contributed by atoms with E-state index in [9.17, 15) is 19.2 Å². The van der Waals surface area contributed by atoms with Gasteiger partial charge in [0.25, 0.3) is 0 Å². The topological polar surface area (TPSA) is 153 Å². The van der Waals surface area contributed by atoms with E-state index >= 15 is 0 Å². The Balaban J connectivity index is 5.38. The summed E-state index contributed by atoms with van der Waals surface area (Å²) in [5.41, 5.74) is 5.45. The fraction of sp³-hybridized carbons (Fsp3) is 1.00. The van der Waals surface area contributed by atoms with Crippen LogP contribution in [0.15, 0.2) is 0 Å². The highest BCUT2D eigenvalue weighted by atomic mass is 28.5. The van der Waals surface area contributed by atoms with E-state index in [1.54, 1.807) is 0 Å². The Hall–Kier alpha value is 0.468. The minimum absolute atomic E-state index is 0.265. The Bertz CT molecular complexity index is 315. The smallest absolute Gasteiger partial charge is 0.411 e. The molecule has 0 spiro atoms. The van der Waals surface area contributed by atoms with Crippen LogP contribution in [-0.4, -0.2) is 75.2 Å². The Kier molecular flexibility index (Phi) is 8.71. The molecule has 1 unspecified atom stereocenters. The monoisotopic (exact) mass is 393 g/mol. The zero-order valence-corrected chi connectivity index (χ0v) is 17.5. The van der Waals surface area contributed by atoms with E-state index in [2.05, 4.69) is 0 Å². The van der Waals surface area contributed by atoms with Crippen LogP contribution in [0.4, 0.5) is 0 Å². The Labute approximate surface area is 134 Å². The molecular weight excluding hydrogens is 366 g/mol. The van der Waals surface area contributed by atoms with Crippen LogP contribution in [0.5, 0.6) is 0 Å². The molecule has 0 saturated heterocycles. The van der Waals surface area contributed by atoms with Gasteiger partial charge in [0.05, 0.1) is 0 Å². The van der Waals surface area contributed by atoms with Crippen molar-refractivity contribution in [3.8, 4) is 0 Å². The van der Waals surface area contributed by atoms with Crippen molar-refractivity contribution in [3.05, 3.63) is 0 Å². The fourth-order valence-corrected chi connectivity index (χ4v) is 11.5. The van der Waals surface area contributed by atoms with E-state index in [0.29, 0.717) is 13.0 Å². The summed E-state index contributed by atoms with van der Waals surface area (Å²) < 4.78 is 26.0. The molecule has 6 N–H and O–H groups in total. The molecular formula is C8H27NO9Si4. The first-order chi connectivity index (χ1) is 9.80. The van der Waals surface area contributed by atoms with Crippen LogP contribution >= 0.6 is 0 Å². The van der Waals surface area contributed by atoms with Crippen LogP contribution in [0.2, 0.25) is 25.7 Å². The minimum Gasteiger partial charge on any atom is -0.411 e. The van der Waals surface area contributed by atoms with E-state index in [1.807, 2.05) is 0 Å². The first-order valence-corrected chi connectivity index (χ1v) is 15.4. The molecule has 134 valence electrons. The highest BCUT2D eigenvalue weighted by Crippen LogP contribution is 2.25. The van der Waals surface area contributed by atoms with Gasteiger partial charge in [-0.3, -0.25) is 0 Å². The fourth-order valence-electron chi connectivity index (χ4n) is 1.56. The molecule has 10 nitrogen and oxygen atoms in total. The molecule has 0 fully saturated rings. The Morgan fingerprint density at radius 2 is 1.36 bits per heavy atom. The molecule has 0 radical (unpaired) electrons. The average Bonchev–Trinajstić information content (AvgIpc) is 2.29. The van der Waals surface area contributed by atoms with Crippen LogP contribution < -0.4 is 5.73 Å². The lowest BCUT2D eigenvalue weighted by molar-refractivity contribution is 0.0473. The molecule has 14 heteroatoms. The van der Waals surface area contributed by atoms with Crippen LogP contribution in [0.1, 0.15) is 6.42 Å². The molecule has 0 saturated carbocycles. The van der Waals surface area contributed by atoms with Gasteiger partial charge >= 0.3 is 35.2 Å². The molecule has 0 aromatic heterocycles. The van der Waals surface area contributed by atoms with Crippen molar-refractivity contribution >= 4 is 35.2 Å². The van der Waals surface area contributed by atoms with Crippen LogP contribution in [0.25, 0.3) is 0 Å². The van der Waals surface area contributed by atoms with Gasteiger partial charge in [0.2, 0.25) is 0 Å². The van der Waals surface area contributed by atoms with E-state index in [4.69, 9.17) is 26.9 Å². The Morgan fingerprint density at radius 3 is 1.68 bits per heavy atom. The van der Waals surface area contributed by atoms with Crippen molar-refractivity contribution in [2.24, 2.45) is 5.73 Å². The summed E-state index contributed by atoms with van der Waals surface area (Å²) in [6, 6.07) is 0.265. The lowest BCUT2D eigenvalue weighted by Gasteiger charge is -2.36. The van der Waals surface area contributed by atoms with Crippen molar-refractivity contribution < 1.29 is 40.4 Å². The average molecular weight is 394 g/mol. The van der Waals surface area contributed by atoms with Gasteiger partial charge in [-0.2, -0.15) is 0 Å². The summed E-state index contributed by atoms with van der Waals surface area (Å²) in [5, 5.41) is 0. The predicted octanol–water partition coefficient (Wildman–Crippen LogP) is -1.71. The highest BCUT2D eigenvalue weighted by molar-refractivity contribution is 6.81. The lowest BCUT2D eigenvalue weighted by Crippen LogP contribution is -2.65. The molecule has 0 amide bonds. The standard InChI is InChI=1S/C8H27NO9Si4/c1-14-21(15-2,8-6-7-9)18-22(13,16-19(3,4)10)17-20(5,11)12/h10-13H,6-9H2,1-5H3. The molecule has 0 aromatic carbocycles. The summed E-state index contributed by atoms with van der Waals surface area (Å²) in [6.07, 6.45) is 0.491. The molecule has 22 heavy (non-hydrogen) atoms. The maximum Gasteiger partial charge on any atom is 0.652 e. The normalized spacial score (nSPS) is 16.6. The molecule has 1 atom stereocenters. The molecule has 0 aliphatic rings. The quantitative estimate of drug-likeness (QED) is 0.256. The highest BCUT2D eigenvalue weighted by Gasteiger charge is 2.59. The minimum atomic E-state index is -4.60. The van der Waals surface area contributed by atoms with Gasteiger partial charge in [0.1, 0.15) is 0 Å². The largest absolute Gasteiger partial charge is 0.652 e. The van der Waals surface area contributed by atoms with Crippen LogP contribution in [0, 0.1) is 0 Å². The molecule has 0 rings (SSSR count). The third kappa shape index (κ3) is 8.93. The zero-order chi connectivity index (χ0) is 17.7. The summed E-state index contributed by atoms with van der Waals surface area (Å²) >= 11 is 0. The summed E-state index contributed by atoms with van der Waals surface area (Å²) in [5.74, 6) is 0. The first-order valence-electron chi connectivity index (χ1n) is 6.61. The second-order valence-corrected chi connectivity index (χ2v) is 16.1. The second-order valence-electron chi connectivity index (χ2n) is 5.19. The third-order valence-electron chi connectivity index (χ3n) is 2.29. The van der Waals surface area contributed by atoms with E-state index in [0.717, 1.165) is 6.55 Å². The van der Waals surface area contributed by atoms with E-state index < -0.39 is 35.2 Å². The van der Waals surface area contributed by atoms with Gasteiger partial charge < -0.3 is 46.1 Å². The van der Waals surface area contributed by atoms with Crippen molar-refractivity contribution in [2.45, 2.75) is 32.1 Å². The number of hydrogen-bond acceptors (Lipinski definition) is 10. The second kappa shape index (κ2) is 8.53. The maximum absolute atomic E-state index is 10.5. The first kappa shape index (κ1) is 22.5. The van der Waals surface area contributed by atoms with Gasteiger partial charge in [0.15, 0.2) is 0 Å². The molecule has 0 aliphatic heterocycles. The number of rotatable bonds is 11. The lowest BCUT2D eigenvalue weighted by atomic mass is 10.5. The van der Waals surface area contributed by atoms with Crippen LogP contribution in [0.3, 0.4) is 0 Å². The van der Waals surface area contributed by atoms with Gasteiger partial charge in [-0.1, -0.05) is 0 Å². The van der Waals surface area contributed by atoms with E-state index in [1.165, 1.54) is 27.3 Å². The van der Waals surface area contributed by atoms with Crippen molar-refractivity contribution in [3.63, 3.8) is 0 Å². The summed E-state index contributed by atoms with van der Waals surface area (Å²) in [6.45, 7) is 4.09. The number of hydrogen-bond donors (Lipinski definition) is 5. The maximum atomic E-state index is 10.5. The zero-order valence-electron chi connectivity index (χ0n) is 13.5. The van der Waals surface area contributed by atoms with Crippen molar-refractivity contribution in [1.29, 1.82) is 0 Å². The van der Waals surface area contributed by atoms with Crippen molar-refractivity contribution in [2.75, 3.05) is 20.8 Å². The van der Waals surface area contributed by atoms with Crippen LogP contribution in [-0.2, 0) is 21.2 Å². The van der Waals surface area contributed by atoms with Gasteiger partial charge in [-0.05, 0) is 26.1 Å². The van der Waals surface area contributed by atoms with Gasteiger partial charge in [-0.15, -0.1) is 0 Å². The van der Waals surface area contributed by atoms with Gasteiger partial charge in [0, 0.05) is 26.8 Å². The molecule has 0 aliphatic carbocycles. The molecule has 0 heterocycles. The molecule has 0 bridgehead atoms. The SMILES string of the molecule is CO[Si](CCCN)(OC)O[Si](O)(O[Si](C)(C)O)O[Si](C)(O)O. The van der Waals surface area contributed by atoms with Crippen molar-refractivity contribution in [1.82, 2.24) is 0 Å². The van der Waals surface area contributed by atoms with Gasteiger partial charge in [-0.25, -0.2) is 0 Å². The molecule has 0 aromatic rings. The number of nitrogens with two attached hydrogens (primary N) is 1. The third-order valence-corrected chi connectivity index (χ3v) is 12.4. The predicted molar refractivity (Wildman–Crippen MR) is 85.2 cm³/mol. The summed E-state index contributed by atoms with van der Waals surface area (Å²) in [7, 11) is -12.8.